The molecule has 1 aromatic carbocycles. The average molecular weight is 239 g/mol. The van der Waals surface area contributed by atoms with Gasteiger partial charge in [-0.25, -0.2) is 0 Å². The molecule has 0 saturated carbocycles. The first-order chi connectivity index (χ1) is 8.26. The van der Waals surface area contributed by atoms with Crippen molar-refractivity contribution in [3.8, 4) is 5.75 Å². The number of ether oxygens (including phenoxy) is 1. The number of rotatable bonds is 8. The molecule has 4 N–H and O–H groups in total. The van der Waals surface area contributed by atoms with Crippen LogP contribution in [0.25, 0.3) is 0 Å². The highest BCUT2D eigenvalue weighted by atomic mass is 16.5. The number of aliphatic hydroxyl groups excluding tert-OH is 2. The van der Waals surface area contributed by atoms with Crippen LogP contribution in [0.2, 0.25) is 0 Å². The van der Waals surface area contributed by atoms with E-state index in [1.807, 2.05) is 24.3 Å². The van der Waals surface area contributed by atoms with E-state index in [1.54, 1.807) is 0 Å². The third-order valence-electron chi connectivity index (χ3n) is 2.50. The van der Waals surface area contributed by atoms with E-state index in [1.165, 1.54) is 5.56 Å². The van der Waals surface area contributed by atoms with Gasteiger partial charge in [-0.2, -0.15) is 0 Å². The first kappa shape index (κ1) is 14.0. The number of aryl methyl sites for hydroxylation is 1. The molecular weight excluding hydrogens is 218 g/mol. The Balaban J connectivity index is 2.34. The summed E-state index contributed by atoms with van der Waals surface area (Å²) in [6.45, 7) is 0.570. The summed E-state index contributed by atoms with van der Waals surface area (Å²) in [5.41, 5.74) is 6.69. The molecule has 4 nitrogen and oxygen atoms in total. The van der Waals surface area contributed by atoms with Crippen LogP contribution in [0.1, 0.15) is 18.4 Å². The number of unbranched alkanes of at least 4 members (excludes halogenated alkanes) is 1. The Kier molecular flexibility index (Phi) is 6.62. The van der Waals surface area contributed by atoms with E-state index in [4.69, 9.17) is 20.7 Å². The predicted octanol–water partition coefficient (Wildman–Crippen LogP) is 0.700. The van der Waals surface area contributed by atoms with Crippen molar-refractivity contribution < 1.29 is 14.9 Å². The van der Waals surface area contributed by atoms with Crippen LogP contribution >= 0.6 is 0 Å². The predicted molar refractivity (Wildman–Crippen MR) is 67.0 cm³/mol. The van der Waals surface area contributed by atoms with E-state index < -0.39 is 6.10 Å². The molecule has 1 rings (SSSR count). The van der Waals surface area contributed by atoms with Gasteiger partial charge in [0, 0.05) is 0 Å². The highest BCUT2D eigenvalue weighted by molar-refractivity contribution is 5.27. The molecule has 0 amide bonds. The van der Waals surface area contributed by atoms with Crippen LogP contribution < -0.4 is 10.5 Å². The average Bonchev–Trinajstić information content (AvgIpc) is 2.37. The zero-order chi connectivity index (χ0) is 12.5. The highest BCUT2D eigenvalue weighted by Crippen LogP contribution is 2.14. The van der Waals surface area contributed by atoms with Crippen molar-refractivity contribution in [1.82, 2.24) is 0 Å². The summed E-state index contributed by atoms with van der Waals surface area (Å²) >= 11 is 0. The molecule has 0 fully saturated rings. The molecule has 0 unspecified atom stereocenters. The summed E-state index contributed by atoms with van der Waals surface area (Å²) in [5.74, 6) is 0.708. The Morgan fingerprint density at radius 2 is 1.88 bits per heavy atom. The lowest BCUT2D eigenvalue weighted by Crippen LogP contribution is -2.21. The van der Waals surface area contributed by atoms with Gasteiger partial charge in [-0.3, -0.25) is 0 Å². The summed E-state index contributed by atoms with van der Waals surface area (Å²) in [4.78, 5) is 0. The summed E-state index contributed by atoms with van der Waals surface area (Å²) < 4.78 is 5.31. The maximum absolute atomic E-state index is 9.13. The van der Waals surface area contributed by atoms with E-state index in [9.17, 15) is 0 Å². The zero-order valence-corrected chi connectivity index (χ0v) is 10.0. The number of benzene rings is 1. The van der Waals surface area contributed by atoms with Gasteiger partial charge in [-0.1, -0.05) is 12.1 Å². The first-order valence-corrected chi connectivity index (χ1v) is 5.97. The Labute approximate surface area is 102 Å². The van der Waals surface area contributed by atoms with Crippen molar-refractivity contribution in [3.05, 3.63) is 29.8 Å². The maximum atomic E-state index is 9.13. The minimum Gasteiger partial charge on any atom is -0.491 e. The van der Waals surface area contributed by atoms with Crippen molar-refractivity contribution >= 4 is 0 Å². The molecule has 0 spiro atoms. The SMILES string of the molecule is NCCCCc1ccc(OC[C@@H](O)CO)cc1. The Morgan fingerprint density at radius 3 is 2.47 bits per heavy atom. The van der Waals surface area contributed by atoms with Crippen molar-refractivity contribution in [2.24, 2.45) is 5.73 Å². The first-order valence-electron chi connectivity index (χ1n) is 5.97. The lowest BCUT2D eigenvalue weighted by Gasteiger charge is -2.10. The molecule has 4 heteroatoms. The molecule has 17 heavy (non-hydrogen) atoms. The van der Waals surface area contributed by atoms with E-state index in [0.717, 1.165) is 25.8 Å². The fraction of sp³-hybridized carbons (Fsp3) is 0.538. The molecule has 1 atom stereocenters. The molecule has 96 valence electrons. The second kappa shape index (κ2) is 8.06. The summed E-state index contributed by atoms with van der Waals surface area (Å²) in [7, 11) is 0. The van der Waals surface area contributed by atoms with Gasteiger partial charge in [0.15, 0.2) is 0 Å². The lowest BCUT2D eigenvalue weighted by molar-refractivity contribution is 0.0536. The molecule has 0 aliphatic heterocycles. The number of hydrogen-bond donors (Lipinski definition) is 3. The minimum absolute atomic E-state index is 0.114. The molecule has 0 aliphatic carbocycles. The molecule has 0 saturated heterocycles. The molecule has 0 heterocycles. The van der Waals surface area contributed by atoms with Crippen LogP contribution in [-0.4, -0.2) is 36.1 Å². The molecule has 0 aromatic heterocycles. The quantitative estimate of drug-likeness (QED) is 0.584. The van der Waals surface area contributed by atoms with Crippen molar-refractivity contribution in [3.63, 3.8) is 0 Å². The second-order valence-corrected chi connectivity index (χ2v) is 4.04. The van der Waals surface area contributed by atoms with Gasteiger partial charge < -0.3 is 20.7 Å². The van der Waals surface area contributed by atoms with Gasteiger partial charge in [0.2, 0.25) is 0 Å². The summed E-state index contributed by atoms with van der Waals surface area (Å²) in [6.07, 6.45) is 2.34. The van der Waals surface area contributed by atoms with Gasteiger partial charge in [0.05, 0.1) is 6.61 Å². The number of nitrogens with two attached hydrogens (primary N) is 1. The van der Waals surface area contributed by atoms with Crippen LogP contribution in [0.3, 0.4) is 0 Å². The molecule has 0 bridgehead atoms. The van der Waals surface area contributed by atoms with Gasteiger partial charge >= 0.3 is 0 Å². The molecule has 1 aromatic rings. The standard InChI is InChI=1S/C13H21NO3/c14-8-2-1-3-11-4-6-13(7-5-11)17-10-12(16)9-15/h4-7,12,15-16H,1-3,8-10,14H2/t12-/m0/s1. The monoisotopic (exact) mass is 239 g/mol. The third kappa shape index (κ3) is 5.68. The lowest BCUT2D eigenvalue weighted by atomic mass is 10.1. The van der Waals surface area contributed by atoms with Crippen LogP contribution in [0, 0.1) is 0 Å². The Hall–Kier alpha value is -1.10. The summed E-state index contributed by atoms with van der Waals surface area (Å²) in [6, 6.07) is 7.78. The normalized spacial score (nSPS) is 12.4. The summed E-state index contributed by atoms with van der Waals surface area (Å²) in [5, 5.41) is 17.8. The van der Waals surface area contributed by atoms with Crippen molar-refractivity contribution in [2.75, 3.05) is 19.8 Å². The third-order valence-corrected chi connectivity index (χ3v) is 2.50. The zero-order valence-electron chi connectivity index (χ0n) is 10.0. The fourth-order valence-corrected chi connectivity index (χ4v) is 1.47. The fourth-order valence-electron chi connectivity index (χ4n) is 1.47. The van der Waals surface area contributed by atoms with Crippen LogP contribution in [0.4, 0.5) is 0 Å². The number of aliphatic hydroxyl groups is 2. The highest BCUT2D eigenvalue weighted by Gasteiger charge is 2.02. The topological polar surface area (TPSA) is 75.7 Å². The van der Waals surface area contributed by atoms with Crippen LogP contribution in [0.5, 0.6) is 5.75 Å². The second-order valence-electron chi connectivity index (χ2n) is 4.04. The molecular formula is C13H21NO3. The maximum Gasteiger partial charge on any atom is 0.119 e. The minimum atomic E-state index is -0.820. The van der Waals surface area contributed by atoms with Crippen molar-refractivity contribution in [1.29, 1.82) is 0 Å². The van der Waals surface area contributed by atoms with E-state index in [-0.39, 0.29) is 13.2 Å². The Bertz CT molecular complexity index is 300. The van der Waals surface area contributed by atoms with Crippen LogP contribution in [0.15, 0.2) is 24.3 Å². The van der Waals surface area contributed by atoms with E-state index in [2.05, 4.69) is 0 Å². The molecule has 0 radical (unpaired) electrons. The smallest absolute Gasteiger partial charge is 0.119 e. The van der Waals surface area contributed by atoms with E-state index >= 15 is 0 Å². The van der Waals surface area contributed by atoms with Gasteiger partial charge in [-0.15, -0.1) is 0 Å². The largest absolute Gasteiger partial charge is 0.491 e. The Morgan fingerprint density at radius 1 is 1.18 bits per heavy atom. The van der Waals surface area contributed by atoms with Gasteiger partial charge in [0.1, 0.15) is 18.5 Å². The van der Waals surface area contributed by atoms with Crippen LogP contribution in [-0.2, 0) is 6.42 Å². The van der Waals surface area contributed by atoms with Gasteiger partial charge in [-0.05, 0) is 43.5 Å². The number of hydrogen-bond acceptors (Lipinski definition) is 4. The van der Waals surface area contributed by atoms with Crippen molar-refractivity contribution in [2.45, 2.75) is 25.4 Å². The van der Waals surface area contributed by atoms with Gasteiger partial charge in [0.25, 0.3) is 0 Å². The van der Waals surface area contributed by atoms with E-state index in [0.29, 0.717) is 5.75 Å². The molecule has 0 aliphatic rings.